The Kier molecular flexibility index (Phi) is 4.66. The molecule has 0 aliphatic carbocycles. The van der Waals surface area contributed by atoms with E-state index in [4.69, 9.17) is 9.47 Å². The molecule has 0 saturated heterocycles. The number of anilines is 1. The SMILES string of the molecule is COc1ccc(Cc2ccc(NC3=NCCN3)cc2)c(OC)c1. The van der Waals surface area contributed by atoms with Crippen LogP contribution in [0.15, 0.2) is 47.5 Å². The molecule has 2 aromatic carbocycles. The fourth-order valence-electron chi connectivity index (χ4n) is 2.54. The molecule has 0 fully saturated rings. The molecule has 1 aliphatic heterocycles. The van der Waals surface area contributed by atoms with Crippen LogP contribution in [0.4, 0.5) is 5.69 Å². The molecule has 0 amide bonds. The van der Waals surface area contributed by atoms with Gasteiger partial charge in [-0.1, -0.05) is 18.2 Å². The third-order valence-corrected chi connectivity index (χ3v) is 3.78. The number of aliphatic imine (C=N–C) groups is 1. The molecule has 0 unspecified atom stereocenters. The molecule has 0 spiro atoms. The topological polar surface area (TPSA) is 54.9 Å². The third-order valence-electron chi connectivity index (χ3n) is 3.78. The lowest BCUT2D eigenvalue weighted by molar-refractivity contribution is 0.391. The van der Waals surface area contributed by atoms with Gasteiger partial charge in [0.05, 0.1) is 20.8 Å². The van der Waals surface area contributed by atoms with Gasteiger partial charge in [-0.25, -0.2) is 0 Å². The van der Waals surface area contributed by atoms with Crippen LogP contribution in [0.25, 0.3) is 0 Å². The van der Waals surface area contributed by atoms with E-state index < -0.39 is 0 Å². The summed E-state index contributed by atoms with van der Waals surface area (Å²) in [6.45, 7) is 1.73. The number of ether oxygens (including phenoxy) is 2. The van der Waals surface area contributed by atoms with Crippen molar-refractivity contribution in [3.63, 3.8) is 0 Å². The number of methoxy groups -OCH3 is 2. The second kappa shape index (κ2) is 7.05. The summed E-state index contributed by atoms with van der Waals surface area (Å²) >= 11 is 0. The first kappa shape index (κ1) is 15.2. The first-order chi connectivity index (χ1) is 11.3. The number of hydrogen-bond acceptors (Lipinski definition) is 5. The molecule has 0 radical (unpaired) electrons. The van der Waals surface area contributed by atoms with Crippen molar-refractivity contribution < 1.29 is 9.47 Å². The highest BCUT2D eigenvalue weighted by molar-refractivity contribution is 5.94. The number of guanidine groups is 1. The minimum atomic E-state index is 0.801. The molecule has 2 N–H and O–H groups in total. The predicted molar refractivity (Wildman–Crippen MR) is 92.7 cm³/mol. The zero-order chi connectivity index (χ0) is 16.1. The van der Waals surface area contributed by atoms with Crippen LogP contribution in [0.5, 0.6) is 11.5 Å². The normalized spacial score (nSPS) is 13.2. The molecule has 1 heterocycles. The molecule has 23 heavy (non-hydrogen) atoms. The van der Waals surface area contributed by atoms with Crippen LogP contribution >= 0.6 is 0 Å². The molecular weight excluding hydrogens is 290 g/mol. The number of nitrogens with one attached hydrogen (secondary N) is 2. The quantitative estimate of drug-likeness (QED) is 0.891. The van der Waals surface area contributed by atoms with Crippen LogP contribution in [-0.2, 0) is 6.42 Å². The van der Waals surface area contributed by atoms with Gasteiger partial charge in [-0.15, -0.1) is 0 Å². The third kappa shape index (κ3) is 3.74. The summed E-state index contributed by atoms with van der Waals surface area (Å²) in [6, 6.07) is 14.3. The summed E-state index contributed by atoms with van der Waals surface area (Å²) in [6.07, 6.45) is 0.812. The summed E-state index contributed by atoms with van der Waals surface area (Å²) in [7, 11) is 3.34. The maximum absolute atomic E-state index is 5.46. The lowest BCUT2D eigenvalue weighted by Gasteiger charge is -2.11. The minimum Gasteiger partial charge on any atom is -0.497 e. The summed E-state index contributed by atoms with van der Waals surface area (Å²) < 4.78 is 10.7. The second-order valence-electron chi connectivity index (χ2n) is 5.33. The van der Waals surface area contributed by atoms with Crippen LogP contribution in [0.2, 0.25) is 0 Å². The van der Waals surface area contributed by atoms with Crippen molar-refractivity contribution in [2.24, 2.45) is 4.99 Å². The van der Waals surface area contributed by atoms with E-state index in [1.807, 2.05) is 18.2 Å². The Morgan fingerprint density at radius 3 is 2.57 bits per heavy atom. The van der Waals surface area contributed by atoms with Gasteiger partial charge in [0, 0.05) is 24.7 Å². The highest BCUT2D eigenvalue weighted by Gasteiger charge is 2.07. The molecule has 120 valence electrons. The average molecular weight is 311 g/mol. The lowest BCUT2D eigenvalue weighted by atomic mass is 10.0. The molecule has 0 saturated carbocycles. The zero-order valence-electron chi connectivity index (χ0n) is 13.4. The summed E-state index contributed by atoms with van der Waals surface area (Å²) in [5, 5.41) is 6.46. The maximum atomic E-state index is 5.46. The molecule has 2 aromatic rings. The van der Waals surface area contributed by atoms with E-state index in [0.717, 1.165) is 48.2 Å². The lowest BCUT2D eigenvalue weighted by Crippen LogP contribution is -2.26. The van der Waals surface area contributed by atoms with Crippen molar-refractivity contribution in [3.8, 4) is 11.5 Å². The van der Waals surface area contributed by atoms with Crippen LogP contribution in [0.3, 0.4) is 0 Å². The number of hydrogen-bond donors (Lipinski definition) is 2. The predicted octanol–water partition coefficient (Wildman–Crippen LogP) is 2.67. The highest BCUT2D eigenvalue weighted by atomic mass is 16.5. The van der Waals surface area contributed by atoms with E-state index in [1.165, 1.54) is 5.56 Å². The Bertz CT molecular complexity index is 696. The van der Waals surface area contributed by atoms with Gasteiger partial charge in [-0.3, -0.25) is 4.99 Å². The standard InChI is InChI=1S/C18H21N3O2/c1-22-16-8-5-14(17(12-16)23-2)11-13-3-6-15(7-4-13)21-18-19-9-10-20-18/h3-8,12H,9-11H2,1-2H3,(H2,19,20,21). The summed E-state index contributed by atoms with van der Waals surface area (Å²) in [5.41, 5.74) is 3.39. The van der Waals surface area contributed by atoms with Gasteiger partial charge in [0.2, 0.25) is 0 Å². The maximum Gasteiger partial charge on any atom is 0.195 e. The van der Waals surface area contributed by atoms with Gasteiger partial charge >= 0.3 is 0 Å². The molecule has 0 atom stereocenters. The van der Waals surface area contributed by atoms with Gasteiger partial charge in [0.1, 0.15) is 11.5 Å². The van der Waals surface area contributed by atoms with Crippen LogP contribution < -0.4 is 20.1 Å². The zero-order valence-corrected chi connectivity index (χ0v) is 13.4. The fourth-order valence-corrected chi connectivity index (χ4v) is 2.54. The Hall–Kier alpha value is -2.69. The van der Waals surface area contributed by atoms with E-state index in [-0.39, 0.29) is 0 Å². The van der Waals surface area contributed by atoms with Gasteiger partial charge in [0.25, 0.3) is 0 Å². The number of nitrogens with zero attached hydrogens (tertiary/aromatic N) is 1. The van der Waals surface area contributed by atoms with Crippen LogP contribution in [0.1, 0.15) is 11.1 Å². The van der Waals surface area contributed by atoms with Crippen LogP contribution in [-0.4, -0.2) is 33.3 Å². The van der Waals surface area contributed by atoms with Gasteiger partial charge < -0.3 is 20.1 Å². The van der Waals surface area contributed by atoms with Gasteiger partial charge in [0.15, 0.2) is 5.96 Å². The monoisotopic (exact) mass is 311 g/mol. The molecule has 0 aromatic heterocycles. The molecule has 1 aliphatic rings. The van der Waals surface area contributed by atoms with E-state index in [0.29, 0.717) is 0 Å². The van der Waals surface area contributed by atoms with Crippen molar-refractivity contribution in [1.29, 1.82) is 0 Å². The van der Waals surface area contributed by atoms with E-state index in [2.05, 4.69) is 39.9 Å². The van der Waals surface area contributed by atoms with Crippen molar-refractivity contribution in [2.45, 2.75) is 6.42 Å². The Balaban J connectivity index is 1.70. The number of benzene rings is 2. The van der Waals surface area contributed by atoms with E-state index in [9.17, 15) is 0 Å². The van der Waals surface area contributed by atoms with Gasteiger partial charge in [-0.2, -0.15) is 0 Å². The van der Waals surface area contributed by atoms with Crippen molar-refractivity contribution in [1.82, 2.24) is 5.32 Å². The molecule has 5 heteroatoms. The van der Waals surface area contributed by atoms with E-state index in [1.54, 1.807) is 14.2 Å². The Morgan fingerprint density at radius 1 is 1.09 bits per heavy atom. The average Bonchev–Trinajstić information content (AvgIpc) is 3.10. The smallest absolute Gasteiger partial charge is 0.195 e. The molecular formula is C18H21N3O2. The second-order valence-corrected chi connectivity index (χ2v) is 5.33. The number of rotatable bonds is 5. The van der Waals surface area contributed by atoms with Gasteiger partial charge in [-0.05, 0) is 29.3 Å². The molecule has 3 rings (SSSR count). The highest BCUT2D eigenvalue weighted by Crippen LogP contribution is 2.27. The largest absolute Gasteiger partial charge is 0.497 e. The first-order valence-corrected chi connectivity index (χ1v) is 7.63. The van der Waals surface area contributed by atoms with Crippen molar-refractivity contribution in [2.75, 3.05) is 32.6 Å². The van der Waals surface area contributed by atoms with Crippen molar-refractivity contribution >= 4 is 11.6 Å². The van der Waals surface area contributed by atoms with Crippen molar-refractivity contribution in [3.05, 3.63) is 53.6 Å². The molecule has 5 nitrogen and oxygen atoms in total. The van der Waals surface area contributed by atoms with E-state index >= 15 is 0 Å². The summed E-state index contributed by atoms with van der Waals surface area (Å²) in [5.74, 6) is 2.49. The Labute approximate surface area is 136 Å². The van der Waals surface area contributed by atoms with Crippen LogP contribution in [0, 0.1) is 0 Å². The first-order valence-electron chi connectivity index (χ1n) is 7.63. The summed E-state index contributed by atoms with van der Waals surface area (Å²) in [4.78, 5) is 4.33. The minimum absolute atomic E-state index is 0.801. The fraction of sp³-hybridized carbons (Fsp3) is 0.278. The molecule has 0 bridgehead atoms. The Morgan fingerprint density at radius 2 is 1.91 bits per heavy atom.